The van der Waals surface area contributed by atoms with E-state index in [0.717, 1.165) is 11.1 Å². The van der Waals surface area contributed by atoms with Crippen LogP contribution in [0, 0.1) is 0 Å². The van der Waals surface area contributed by atoms with Crippen molar-refractivity contribution in [3.63, 3.8) is 0 Å². The van der Waals surface area contributed by atoms with Crippen molar-refractivity contribution in [3.05, 3.63) is 54.1 Å². The molecule has 25 heavy (non-hydrogen) atoms. The van der Waals surface area contributed by atoms with Crippen molar-refractivity contribution in [3.8, 4) is 11.5 Å². The smallest absolute Gasteiger partial charge is 0.314 e. The van der Waals surface area contributed by atoms with Crippen molar-refractivity contribution in [2.45, 2.75) is 6.04 Å². The van der Waals surface area contributed by atoms with Gasteiger partial charge in [-0.1, -0.05) is 18.2 Å². The Hall–Kier alpha value is -3.35. The Balaban J connectivity index is 1.51. The van der Waals surface area contributed by atoms with Gasteiger partial charge in [0.2, 0.25) is 5.89 Å². The highest BCUT2D eigenvalue weighted by Crippen LogP contribution is 2.24. The molecule has 0 bridgehead atoms. The molecular formula is C18H16N4O3. The first-order chi connectivity index (χ1) is 12.1. The number of urea groups is 1. The largest absolute Gasteiger partial charge is 0.436 e. The Labute approximate surface area is 143 Å². The summed E-state index contributed by atoms with van der Waals surface area (Å²) in [5.74, 6) is 0.270. The van der Waals surface area contributed by atoms with Gasteiger partial charge in [0.05, 0.1) is 6.04 Å². The molecule has 1 fully saturated rings. The summed E-state index contributed by atoms with van der Waals surface area (Å²) in [5, 5.41) is 2.88. The van der Waals surface area contributed by atoms with Crippen molar-refractivity contribution in [1.82, 2.24) is 15.2 Å². The molecule has 3 N–H and O–H groups in total. The highest BCUT2D eigenvalue weighted by molar-refractivity contribution is 5.95. The Morgan fingerprint density at radius 2 is 1.96 bits per heavy atom. The Morgan fingerprint density at radius 3 is 2.72 bits per heavy atom. The number of oxazole rings is 1. The molecule has 3 aromatic rings. The van der Waals surface area contributed by atoms with Gasteiger partial charge >= 0.3 is 6.03 Å². The number of hydrogen-bond donors (Lipinski definition) is 2. The summed E-state index contributed by atoms with van der Waals surface area (Å²) in [7, 11) is 0. The van der Waals surface area contributed by atoms with Crippen LogP contribution >= 0.6 is 0 Å². The van der Waals surface area contributed by atoms with Gasteiger partial charge in [-0.25, -0.2) is 9.78 Å². The Morgan fingerprint density at radius 1 is 1.16 bits per heavy atom. The maximum atomic E-state index is 12.4. The molecule has 7 nitrogen and oxygen atoms in total. The predicted octanol–water partition coefficient (Wildman–Crippen LogP) is 1.99. The van der Waals surface area contributed by atoms with Gasteiger partial charge in [-0.3, -0.25) is 4.79 Å². The number of para-hydroxylation sites is 2. The molecule has 0 spiro atoms. The summed E-state index contributed by atoms with van der Waals surface area (Å²) in [4.78, 5) is 29.3. The van der Waals surface area contributed by atoms with Crippen molar-refractivity contribution in [2.75, 3.05) is 13.1 Å². The Kier molecular flexibility index (Phi) is 3.61. The number of nitrogens with two attached hydrogens (primary N) is 1. The van der Waals surface area contributed by atoms with Gasteiger partial charge in [0.25, 0.3) is 5.91 Å². The predicted molar refractivity (Wildman–Crippen MR) is 91.9 cm³/mol. The van der Waals surface area contributed by atoms with Crippen molar-refractivity contribution < 1.29 is 14.0 Å². The SMILES string of the molecule is NC(=O)N1CC(NC(=O)c2cccc(-c3nc4ccccc4o3)c2)C1. The fourth-order valence-electron chi connectivity index (χ4n) is 2.81. The number of rotatable bonds is 3. The molecule has 4 rings (SSSR count). The number of nitrogens with zero attached hydrogens (tertiary/aromatic N) is 2. The lowest BCUT2D eigenvalue weighted by molar-refractivity contribution is 0.0861. The van der Waals surface area contributed by atoms with E-state index in [9.17, 15) is 9.59 Å². The van der Waals surface area contributed by atoms with E-state index in [2.05, 4.69) is 10.3 Å². The molecule has 1 aliphatic rings. The summed E-state index contributed by atoms with van der Waals surface area (Å²) >= 11 is 0. The minimum atomic E-state index is -0.469. The van der Waals surface area contributed by atoms with E-state index in [1.54, 1.807) is 18.2 Å². The number of nitrogens with one attached hydrogen (secondary N) is 1. The lowest BCUT2D eigenvalue weighted by Gasteiger charge is -2.38. The number of benzene rings is 2. The molecule has 7 heteroatoms. The van der Waals surface area contributed by atoms with Crippen molar-refractivity contribution >= 4 is 23.0 Å². The van der Waals surface area contributed by atoms with Crippen LogP contribution in [0.25, 0.3) is 22.6 Å². The van der Waals surface area contributed by atoms with E-state index in [4.69, 9.17) is 10.2 Å². The van der Waals surface area contributed by atoms with E-state index >= 15 is 0 Å². The maximum Gasteiger partial charge on any atom is 0.314 e. The first-order valence-electron chi connectivity index (χ1n) is 7.91. The van der Waals surface area contributed by atoms with Gasteiger partial charge in [-0.15, -0.1) is 0 Å². The van der Waals surface area contributed by atoms with Gasteiger partial charge in [0.15, 0.2) is 5.58 Å². The first-order valence-corrected chi connectivity index (χ1v) is 7.91. The normalized spacial score (nSPS) is 14.3. The fourth-order valence-corrected chi connectivity index (χ4v) is 2.81. The number of primary amides is 1. The Bertz CT molecular complexity index is 927. The van der Waals surface area contributed by atoms with Crippen LogP contribution in [0.3, 0.4) is 0 Å². The third-order valence-electron chi connectivity index (χ3n) is 4.19. The van der Waals surface area contributed by atoms with Gasteiger partial charge < -0.3 is 20.4 Å². The monoisotopic (exact) mass is 336 g/mol. The molecule has 0 unspecified atom stereocenters. The van der Waals surface area contributed by atoms with Gasteiger partial charge in [-0.05, 0) is 30.3 Å². The molecule has 126 valence electrons. The van der Waals surface area contributed by atoms with Crippen LogP contribution in [0.1, 0.15) is 10.4 Å². The second kappa shape index (κ2) is 5.94. The van der Waals surface area contributed by atoms with E-state index < -0.39 is 6.03 Å². The van der Waals surface area contributed by atoms with Gasteiger partial charge in [0.1, 0.15) is 5.52 Å². The summed E-state index contributed by atoms with van der Waals surface area (Å²) in [5.41, 5.74) is 7.89. The molecular weight excluding hydrogens is 320 g/mol. The summed E-state index contributed by atoms with van der Waals surface area (Å²) in [6, 6.07) is 14.1. The van der Waals surface area contributed by atoms with Crippen LogP contribution in [0.15, 0.2) is 52.9 Å². The molecule has 2 heterocycles. The summed E-state index contributed by atoms with van der Waals surface area (Å²) in [6.45, 7) is 0.873. The van der Waals surface area contributed by atoms with E-state index in [1.807, 2.05) is 30.3 Å². The summed E-state index contributed by atoms with van der Waals surface area (Å²) in [6.07, 6.45) is 0. The number of hydrogen-bond acceptors (Lipinski definition) is 4. The van der Waals surface area contributed by atoms with E-state index in [0.29, 0.717) is 30.1 Å². The zero-order valence-corrected chi connectivity index (χ0v) is 13.3. The number of carbonyl (C=O) groups excluding carboxylic acids is 2. The molecule has 0 aliphatic carbocycles. The summed E-state index contributed by atoms with van der Waals surface area (Å²) < 4.78 is 5.74. The molecule has 1 saturated heterocycles. The third kappa shape index (κ3) is 2.91. The van der Waals surface area contributed by atoms with Crippen LogP contribution in [0.2, 0.25) is 0 Å². The third-order valence-corrected chi connectivity index (χ3v) is 4.19. The molecule has 1 aromatic heterocycles. The highest BCUT2D eigenvalue weighted by atomic mass is 16.3. The lowest BCUT2D eigenvalue weighted by atomic mass is 10.1. The fraction of sp³-hybridized carbons (Fsp3) is 0.167. The second-order valence-electron chi connectivity index (χ2n) is 5.98. The number of carbonyl (C=O) groups is 2. The van der Waals surface area contributed by atoms with E-state index in [-0.39, 0.29) is 11.9 Å². The lowest BCUT2D eigenvalue weighted by Crippen LogP contribution is -2.62. The first kappa shape index (κ1) is 15.2. The number of fused-ring (bicyclic) bond motifs is 1. The highest BCUT2D eigenvalue weighted by Gasteiger charge is 2.30. The number of likely N-dealkylation sites (tertiary alicyclic amines) is 1. The maximum absolute atomic E-state index is 12.4. The van der Waals surface area contributed by atoms with Crippen LogP contribution in [0.5, 0.6) is 0 Å². The second-order valence-corrected chi connectivity index (χ2v) is 5.98. The van der Waals surface area contributed by atoms with Gasteiger partial charge in [-0.2, -0.15) is 0 Å². The number of amides is 3. The zero-order valence-electron chi connectivity index (χ0n) is 13.3. The quantitative estimate of drug-likeness (QED) is 0.763. The molecule has 0 radical (unpaired) electrons. The van der Waals surface area contributed by atoms with Crippen molar-refractivity contribution in [2.24, 2.45) is 5.73 Å². The topological polar surface area (TPSA) is 101 Å². The van der Waals surface area contributed by atoms with Crippen LogP contribution in [-0.4, -0.2) is 41.0 Å². The van der Waals surface area contributed by atoms with Crippen LogP contribution in [-0.2, 0) is 0 Å². The van der Waals surface area contributed by atoms with E-state index in [1.165, 1.54) is 4.90 Å². The standard InChI is InChI=1S/C18H16N4O3/c19-18(24)22-9-13(10-22)20-16(23)11-4-3-5-12(8-11)17-21-14-6-1-2-7-15(14)25-17/h1-8,13H,9-10H2,(H2,19,24)(H,20,23). The molecule has 2 aromatic carbocycles. The molecule has 3 amide bonds. The molecule has 0 atom stereocenters. The molecule has 0 saturated carbocycles. The number of aromatic nitrogens is 1. The van der Waals surface area contributed by atoms with Crippen LogP contribution in [0.4, 0.5) is 4.79 Å². The zero-order chi connectivity index (χ0) is 17.4. The van der Waals surface area contributed by atoms with Crippen molar-refractivity contribution in [1.29, 1.82) is 0 Å². The minimum Gasteiger partial charge on any atom is -0.436 e. The van der Waals surface area contributed by atoms with Gasteiger partial charge in [0, 0.05) is 24.2 Å². The minimum absolute atomic E-state index is 0.0759. The average molecular weight is 336 g/mol. The average Bonchev–Trinajstić information content (AvgIpc) is 3.01. The molecule has 1 aliphatic heterocycles. The van der Waals surface area contributed by atoms with Crippen LogP contribution < -0.4 is 11.1 Å².